The van der Waals surface area contributed by atoms with E-state index in [1.165, 1.54) is 16.7 Å². The smallest absolute Gasteiger partial charge is 0.0919 e. The number of aliphatic hydroxyl groups is 1. The summed E-state index contributed by atoms with van der Waals surface area (Å²) in [6, 6.07) is 14.7. The summed E-state index contributed by atoms with van der Waals surface area (Å²) in [7, 11) is 2.05. The van der Waals surface area contributed by atoms with Crippen molar-refractivity contribution >= 4 is 0 Å². The average molecular weight is 283 g/mol. The van der Waals surface area contributed by atoms with Crippen molar-refractivity contribution in [3.63, 3.8) is 0 Å². The highest BCUT2D eigenvalue weighted by molar-refractivity contribution is 5.32. The molecule has 0 aliphatic rings. The fraction of sp³-hybridized carbons (Fsp3) is 0.368. The van der Waals surface area contributed by atoms with E-state index in [4.69, 9.17) is 0 Å². The van der Waals surface area contributed by atoms with Gasteiger partial charge in [0.1, 0.15) is 0 Å². The molecule has 112 valence electrons. The highest BCUT2D eigenvalue weighted by atomic mass is 16.3. The molecule has 2 aromatic rings. The Labute approximate surface area is 128 Å². The van der Waals surface area contributed by atoms with Gasteiger partial charge in [0.05, 0.1) is 6.10 Å². The van der Waals surface area contributed by atoms with E-state index in [-0.39, 0.29) is 0 Å². The van der Waals surface area contributed by atoms with E-state index in [1.807, 2.05) is 6.07 Å². The van der Waals surface area contributed by atoms with Crippen LogP contribution in [0, 0.1) is 20.8 Å². The average Bonchev–Trinajstić information content (AvgIpc) is 2.38. The molecule has 1 unspecified atom stereocenters. The minimum atomic E-state index is -0.444. The van der Waals surface area contributed by atoms with Gasteiger partial charge in [-0.15, -0.1) is 0 Å². The molecule has 0 fully saturated rings. The van der Waals surface area contributed by atoms with Crippen LogP contribution in [0.1, 0.15) is 33.9 Å². The zero-order chi connectivity index (χ0) is 15.4. The molecule has 0 aliphatic carbocycles. The first-order chi connectivity index (χ1) is 9.95. The third kappa shape index (κ3) is 4.42. The normalized spacial score (nSPS) is 12.7. The topological polar surface area (TPSA) is 23.5 Å². The number of aryl methyl sites for hydroxylation is 3. The third-order valence-corrected chi connectivity index (χ3v) is 3.80. The van der Waals surface area contributed by atoms with Crippen LogP contribution < -0.4 is 0 Å². The number of nitrogens with zero attached hydrogens (tertiary/aromatic N) is 1. The minimum Gasteiger partial charge on any atom is -0.387 e. The molecule has 0 aliphatic heterocycles. The molecule has 1 atom stereocenters. The fourth-order valence-corrected chi connectivity index (χ4v) is 2.78. The van der Waals surface area contributed by atoms with Gasteiger partial charge in [0.25, 0.3) is 0 Å². The molecular weight excluding hydrogens is 258 g/mol. The molecule has 1 N–H and O–H groups in total. The molecule has 0 radical (unpaired) electrons. The quantitative estimate of drug-likeness (QED) is 0.902. The second-order valence-electron chi connectivity index (χ2n) is 6.06. The molecule has 21 heavy (non-hydrogen) atoms. The van der Waals surface area contributed by atoms with Crippen molar-refractivity contribution in [2.45, 2.75) is 33.4 Å². The Kier molecular flexibility index (Phi) is 5.16. The Bertz CT molecular complexity index is 606. The molecule has 0 saturated heterocycles. The molecule has 2 rings (SSSR count). The van der Waals surface area contributed by atoms with Crippen LogP contribution in [0.15, 0.2) is 42.5 Å². The summed E-state index contributed by atoms with van der Waals surface area (Å²) < 4.78 is 0. The number of hydrogen-bond donors (Lipinski definition) is 1. The van der Waals surface area contributed by atoms with Crippen LogP contribution in [0.25, 0.3) is 0 Å². The lowest BCUT2D eigenvalue weighted by Crippen LogP contribution is -2.24. The second-order valence-corrected chi connectivity index (χ2v) is 6.06. The van der Waals surface area contributed by atoms with E-state index in [2.05, 4.69) is 69.1 Å². The van der Waals surface area contributed by atoms with Gasteiger partial charge in [0.2, 0.25) is 0 Å². The molecule has 2 heteroatoms. The van der Waals surface area contributed by atoms with E-state index in [0.717, 1.165) is 17.7 Å². The Balaban J connectivity index is 2.00. The van der Waals surface area contributed by atoms with Gasteiger partial charge in [0.15, 0.2) is 0 Å². The van der Waals surface area contributed by atoms with Gasteiger partial charge in [-0.1, -0.05) is 53.6 Å². The predicted molar refractivity (Wildman–Crippen MR) is 88.4 cm³/mol. The van der Waals surface area contributed by atoms with Crippen molar-refractivity contribution < 1.29 is 5.11 Å². The molecule has 2 nitrogen and oxygen atoms in total. The molecule has 0 aromatic heterocycles. The lowest BCUT2D eigenvalue weighted by Gasteiger charge is -2.22. The minimum absolute atomic E-state index is 0.444. The number of hydrogen-bond acceptors (Lipinski definition) is 2. The van der Waals surface area contributed by atoms with Crippen LogP contribution in [0.4, 0.5) is 0 Å². The molecule has 0 saturated carbocycles. The van der Waals surface area contributed by atoms with Crippen LogP contribution in [-0.2, 0) is 6.54 Å². The van der Waals surface area contributed by atoms with Gasteiger partial charge in [-0.05, 0) is 44.5 Å². The van der Waals surface area contributed by atoms with Gasteiger partial charge < -0.3 is 5.11 Å². The first-order valence-corrected chi connectivity index (χ1v) is 7.45. The monoisotopic (exact) mass is 283 g/mol. The van der Waals surface area contributed by atoms with Crippen LogP contribution in [0.3, 0.4) is 0 Å². The molecule has 0 amide bonds. The molecule has 2 aromatic carbocycles. The van der Waals surface area contributed by atoms with Crippen LogP contribution >= 0.6 is 0 Å². The summed E-state index contributed by atoms with van der Waals surface area (Å²) in [5, 5.41) is 10.5. The Morgan fingerprint density at radius 2 is 1.71 bits per heavy atom. The number of benzene rings is 2. The second kappa shape index (κ2) is 6.88. The number of rotatable bonds is 5. The SMILES string of the molecule is Cc1cccc(CN(C)CC(O)c2ccc(C)cc2C)c1. The zero-order valence-corrected chi connectivity index (χ0v) is 13.4. The first kappa shape index (κ1) is 15.7. The van der Waals surface area contributed by atoms with Gasteiger partial charge >= 0.3 is 0 Å². The highest BCUT2D eigenvalue weighted by Crippen LogP contribution is 2.20. The summed E-state index contributed by atoms with van der Waals surface area (Å²) in [6.07, 6.45) is -0.444. The van der Waals surface area contributed by atoms with E-state index >= 15 is 0 Å². The predicted octanol–water partition coefficient (Wildman–Crippen LogP) is 3.78. The number of likely N-dealkylation sites (N-methyl/N-ethyl adjacent to an activating group) is 1. The Morgan fingerprint density at radius 1 is 1.00 bits per heavy atom. The van der Waals surface area contributed by atoms with Crippen molar-refractivity contribution in [2.24, 2.45) is 0 Å². The van der Waals surface area contributed by atoms with Crippen molar-refractivity contribution in [3.05, 3.63) is 70.3 Å². The lowest BCUT2D eigenvalue weighted by molar-refractivity contribution is 0.123. The fourth-order valence-electron chi connectivity index (χ4n) is 2.78. The summed E-state index contributed by atoms with van der Waals surface area (Å²) in [5.74, 6) is 0. The summed E-state index contributed by atoms with van der Waals surface area (Å²) >= 11 is 0. The van der Waals surface area contributed by atoms with E-state index in [9.17, 15) is 5.11 Å². The van der Waals surface area contributed by atoms with E-state index in [1.54, 1.807) is 0 Å². The Hall–Kier alpha value is -1.64. The lowest BCUT2D eigenvalue weighted by atomic mass is 10.0. The molecule has 0 heterocycles. The Morgan fingerprint density at radius 3 is 2.38 bits per heavy atom. The maximum atomic E-state index is 10.5. The maximum Gasteiger partial charge on any atom is 0.0919 e. The van der Waals surface area contributed by atoms with Gasteiger partial charge in [-0.2, -0.15) is 0 Å². The van der Waals surface area contributed by atoms with Gasteiger partial charge in [-0.25, -0.2) is 0 Å². The largest absolute Gasteiger partial charge is 0.387 e. The number of aliphatic hydroxyl groups excluding tert-OH is 1. The van der Waals surface area contributed by atoms with Crippen LogP contribution in [0.5, 0.6) is 0 Å². The van der Waals surface area contributed by atoms with Crippen molar-refractivity contribution in [3.8, 4) is 0 Å². The van der Waals surface area contributed by atoms with Crippen molar-refractivity contribution in [2.75, 3.05) is 13.6 Å². The van der Waals surface area contributed by atoms with Crippen LogP contribution in [0.2, 0.25) is 0 Å². The van der Waals surface area contributed by atoms with Gasteiger partial charge in [-0.3, -0.25) is 4.90 Å². The van der Waals surface area contributed by atoms with Crippen LogP contribution in [-0.4, -0.2) is 23.6 Å². The first-order valence-electron chi connectivity index (χ1n) is 7.45. The highest BCUT2D eigenvalue weighted by Gasteiger charge is 2.13. The summed E-state index contributed by atoms with van der Waals surface area (Å²) in [4.78, 5) is 2.17. The van der Waals surface area contributed by atoms with E-state index < -0.39 is 6.10 Å². The van der Waals surface area contributed by atoms with E-state index in [0.29, 0.717) is 6.54 Å². The standard InChI is InChI=1S/C19H25NO/c1-14-6-5-7-17(11-14)12-20(4)13-19(21)18-9-8-15(2)10-16(18)3/h5-11,19,21H,12-13H2,1-4H3. The molecule has 0 spiro atoms. The van der Waals surface area contributed by atoms with Crippen molar-refractivity contribution in [1.82, 2.24) is 4.90 Å². The van der Waals surface area contributed by atoms with Gasteiger partial charge in [0, 0.05) is 13.1 Å². The third-order valence-electron chi connectivity index (χ3n) is 3.80. The zero-order valence-electron chi connectivity index (χ0n) is 13.4. The molecular formula is C19H25NO. The maximum absolute atomic E-state index is 10.5. The summed E-state index contributed by atoms with van der Waals surface area (Å²) in [6.45, 7) is 7.73. The molecule has 0 bridgehead atoms. The summed E-state index contributed by atoms with van der Waals surface area (Å²) in [5.41, 5.74) is 5.97. The van der Waals surface area contributed by atoms with Crippen molar-refractivity contribution in [1.29, 1.82) is 0 Å².